The van der Waals surface area contributed by atoms with Crippen molar-refractivity contribution in [3.63, 3.8) is 0 Å². The molecule has 2 rings (SSSR count). The molecular formula is C16H21NO3S. The molecule has 0 saturated carbocycles. The van der Waals surface area contributed by atoms with Gasteiger partial charge in [-0.3, -0.25) is 0 Å². The number of hydrogen-bond donors (Lipinski definition) is 2. The number of nitrogens with one attached hydrogen (secondary N) is 1. The molecule has 0 radical (unpaired) electrons. The first kappa shape index (κ1) is 15.9. The van der Waals surface area contributed by atoms with Gasteiger partial charge in [0.25, 0.3) is 0 Å². The summed E-state index contributed by atoms with van der Waals surface area (Å²) < 4.78 is 27.9. The van der Waals surface area contributed by atoms with Crippen LogP contribution < -0.4 is 4.72 Å². The highest BCUT2D eigenvalue weighted by atomic mass is 32.2. The second-order valence-corrected chi connectivity index (χ2v) is 6.96. The number of fused-ring (bicyclic) bond motifs is 1. The summed E-state index contributed by atoms with van der Waals surface area (Å²) in [6, 6.07) is 12.1. The highest BCUT2D eigenvalue weighted by Gasteiger charge is 2.24. The first-order valence-corrected chi connectivity index (χ1v) is 8.59. The van der Waals surface area contributed by atoms with Crippen LogP contribution in [0.25, 0.3) is 10.8 Å². The monoisotopic (exact) mass is 307 g/mol. The Morgan fingerprint density at radius 3 is 2.48 bits per heavy atom. The van der Waals surface area contributed by atoms with Crippen molar-refractivity contribution in [1.29, 1.82) is 0 Å². The molecule has 2 aromatic rings. The fourth-order valence-electron chi connectivity index (χ4n) is 2.31. The van der Waals surface area contributed by atoms with Gasteiger partial charge in [-0.15, -0.1) is 0 Å². The molecular weight excluding hydrogens is 286 g/mol. The average Bonchev–Trinajstić information content (AvgIpc) is 2.51. The number of hydrogen-bond acceptors (Lipinski definition) is 3. The number of aliphatic hydroxyl groups excluding tert-OH is 1. The Morgan fingerprint density at radius 1 is 1.14 bits per heavy atom. The van der Waals surface area contributed by atoms with Crippen molar-refractivity contribution >= 4 is 20.8 Å². The maximum atomic E-state index is 12.6. The van der Waals surface area contributed by atoms with Gasteiger partial charge in [0.05, 0.1) is 11.5 Å². The summed E-state index contributed by atoms with van der Waals surface area (Å²) in [5, 5.41) is 11.0. The van der Waals surface area contributed by atoms with E-state index in [0.29, 0.717) is 5.39 Å². The minimum Gasteiger partial charge on any atom is -0.395 e. The third-order valence-electron chi connectivity index (χ3n) is 3.87. The minimum atomic E-state index is -3.66. The molecule has 2 unspecified atom stereocenters. The lowest BCUT2D eigenvalue weighted by Gasteiger charge is -2.22. The Bertz CT molecular complexity index is 707. The minimum absolute atomic E-state index is 0.0692. The maximum Gasteiger partial charge on any atom is 0.241 e. The Labute approximate surface area is 125 Å². The molecule has 0 aliphatic heterocycles. The van der Waals surface area contributed by atoms with Crippen molar-refractivity contribution in [2.75, 3.05) is 6.61 Å². The summed E-state index contributed by atoms with van der Waals surface area (Å²) in [6.45, 7) is 3.69. The van der Waals surface area contributed by atoms with E-state index >= 15 is 0 Å². The largest absolute Gasteiger partial charge is 0.395 e. The summed E-state index contributed by atoms with van der Waals surface area (Å²) in [5.41, 5.74) is 0. The van der Waals surface area contributed by atoms with Crippen LogP contribution in [-0.4, -0.2) is 26.2 Å². The topological polar surface area (TPSA) is 66.4 Å². The second-order valence-electron chi connectivity index (χ2n) is 5.27. The van der Waals surface area contributed by atoms with E-state index in [1.54, 1.807) is 18.2 Å². The van der Waals surface area contributed by atoms with E-state index in [1.165, 1.54) is 0 Å². The molecule has 0 amide bonds. The van der Waals surface area contributed by atoms with Crippen molar-refractivity contribution in [3.05, 3.63) is 42.5 Å². The van der Waals surface area contributed by atoms with E-state index in [-0.39, 0.29) is 17.4 Å². The van der Waals surface area contributed by atoms with Gasteiger partial charge in [0.1, 0.15) is 0 Å². The fourth-order valence-corrected chi connectivity index (χ4v) is 3.88. The number of rotatable bonds is 6. The molecule has 21 heavy (non-hydrogen) atoms. The Balaban J connectivity index is 2.42. The van der Waals surface area contributed by atoms with E-state index in [9.17, 15) is 13.5 Å². The van der Waals surface area contributed by atoms with Gasteiger partial charge in [0.15, 0.2) is 0 Å². The lowest BCUT2D eigenvalue weighted by molar-refractivity contribution is 0.219. The molecule has 2 N–H and O–H groups in total. The standard InChI is InChI=1S/C16H21NO3S/c1-3-12(2)15(11-18)17-21(19,20)16-10-6-8-13-7-4-5-9-14(13)16/h4-10,12,15,17-18H,3,11H2,1-2H3. The van der Waals surface area contributed by atoms with E-state index in [1.807, 2.05) is 38.1 Å². The fraction of sp³-hybridized carbons (Fsp3) is 0.375. The zero-order chi connectivity index (χ0) is 15.5. The highest BCUT2D eigenvalue weighted by Crippen LogP contribution is 2.23. The van der Waals surface area contributed by atoms with Crippen molar-refractivity contribution in [1.82, 2.24) is 4.72 Å². The van der Waals surface area contributed by atoms with Crippen LogP contribution in [0.5, 0.6) is 0 Å². The molecule has 5 heteroatoms. The number of benzene rings is 2. The van der Waals surface area contributed by atoms with E-state index in [0.717, 1.165) is 11.8 Å². The molecule has 4 nitrogen and oxygen atoms in total. The van der Waals surface area contributed by atoms with Crippen LogP contribution >= 0.6 is 0 Å². The maximum absolute atomic E-state index is 12.6. The number of aliphatic hydroxyl groups is 1. The van der Waals surface area contributed by atoms with Crippen LogP contribution in [0.1, 0.15) is 20.3 Å². The molecule has 0 saturated heterocycles. The third kappa shape index (κ3) is 3.43. The third-order valence-corrected chi connectivity index (χ3v) is 5.42. The van der Waals surface area contributed by atoms with E-state index < -0.39 is 16.1 Å². The molecule has 0 aliphatic rings. The SMILES string of the molecule is CCC(C)C(CO)NS(=O)(=O)c1cccc2ccccc12. The number of sulfonamides is 1. The molecule has 0 aromatic heterocycles. The summed E-state index contributed by atoms with van der Waals surface area (Å²) in [7, 11) is -3.66. The van der Waals surface area contributed by atoms with Gasteiger partial charge in [-0.2, -0.15) is 0 Å². The van der Waals surface area contributed by atoms with Crippen molar-refractivity contribution in [2.24, 2.45) is 5.92 Å². The van der Waals surface area contributed by atoms with Crippen molar-refractivity contribution in [2.45, 2.75) is 31.2 Å². The molecule has 2 aromatic carbocycles. The zero-order valence-corrected chi connectivity index (χ0v) is 13.1. The lowest BCUT2D eigenvalue weighted by atomic mass is 10.0. The summed E-state index contributed by atoms with van der Waals surface area (Å²) in [5.74, 6) is 0.0692. The predicted octanol–water partition coefficient (Wildman–Crippen LogP) is 2.53. The first-order valence-electron chi connectivity index (χ1n) is 7.10. The van der Waals surface area contributed by atoms with Gasteiger partial charge in [-0.05, 0) is 17.4 Å². The van der Waals surface area contributed by atoms with Crippen LogP contribution in [0.2, 0.25) is 0 Å². The van der Waals surface area contributed by atoms with Crippen LogP contribution in [0.15, 0.2) is 47.4 Å². The predicted molar refractivity (Wildman–Crippen MR) is 84.6 cm³/mol. The normalized spacial score (nSPS) is 15.0. The molecule has 0 fully saturated rings. The first-order chi connectivity index (χ1) is 9.99. The Hall–Kier alpha value is -1.43. The van der Waals surface area contributed by atoms with E-state index in [4.69, 9.17) is 0 Å². The summed E-state index contributed by atoms with van der Waals surface area (Å²) >= 11 is 0. The molecule has 0 heterocycles. The van der Waals surface area contributed by atoms with Crippen molar-refractivity contribution in [3.8, 4) is 0 Å². The van der Waals surface area contributed by atoms with Crippen LogP contribution in [0, 0.1) is 5.92 Å². The summed E-state index contributed by atoms with van der Waals surface area (Å²) in [6.07, 6.45) is 0.795. The highest BCUT2D eigenvalue weighted by molar-refractivity contribution is 7.89. The molecule has 114 valence electrons. The van der Waals surface area contributed by atoms with E-state index in [2.05, 4.69) is 4.72 Å². The van der Waals surface area contributed by atoms with Gasteiger partial charge in [-0.1, -0.05) is 56.7 Å². The van der Waals surface area contributed by atoms with Gasteiger partial charge >= 0.3 is 0 Å². The molecule has 0 bridgehead atoms. The van der Waals surface area contributed by atoms with Gasteiger partial charge in [-0.25, -0.2) is 13.1 Å². The lowest BCUT2D eigenvalue weighted by Crippen LogP contribution is -2.41. The zero-order valence-electron chi connectivity index (χ0n) is 12.3. The van der Waals surface area contributed by atoms with Crippen LogP contribution in [0.3, 0.4) is 0 Å². The van der Waals surface area contributed by atoms with Gasteiger partial charge < -0.3 is 5.11 Å². The Kier molecular flexibility index (Phi) is 4.98. The molecule has 0 aliphatic carbocycles. The second kappa shape index (κ2) is 6.56. The molecule has 0 spiro atoms. The van der Waals surface area contributed by atoms with Gasteiger partial charge in [0.2, 0.25) is 10.0 Å². The van der Waals surface area contributed by atoms with Crippen LogP contribution in [-0.2, 0) is 10.0 Å². The van der Waals surface area contributed by atoms with Crippen LogP contribution in [0.4, 0.5) is 0 Å². The Morgan fingerprint density at radius 2 is 1.81 bits per heavy atom. The average molecular weight is 307 g/mol. The molecule has 2 atom stereocenters. The summed E-state index contributed by atoms with van der Waals surface area (Å²) in [4.78, 5) is 0.252. The quantitative estimate of drug-likeness (QED) is 0.862. The smallest absolute Gasteiger partial charge is 0.241 e. The van der Waals surface area contributed by atoms with Crippen molar-refractivity contribution < 1.29 is 13.5 Å². The van der Waals surface area contributed by atoms with Gasteiger partial charge in [0, 0.05) is 11.4 Å².